The largest absolute Gasteiger partial charge is 0.361 e. The predicted molar refractivity (Wildman–Crippen MR) is 67.3 cm³/mol. The summed E-state index contributed by atoms with van der Waals surface area (Å²) in [6, 6.07) is 4.63. The highest BCUT2D eigenvalue weighted by atomic mass is 16.5. The van der Waals surface area contributed by atoms with Crippen LogP contribution in [0.1, 0.15) is 28.9 Å². The van der Waals surface area contributed by atoms with E-state index in [1.807, 2.05) is 19.9 Å². The summed E-state index contributed by atoms with van der Waals surface area (Å²) in [5.74, 6) is 0.876. The van der Waals surface area contributed by atoms with Crippen LogP contribution in [0.5, 0.6) is 0 Å². The van der Waals surface area contributed by atoms with Gasteiger partial charge in [0.05, 0.1) is 17.4 Å². The molecular weight excluding hydrogens is 228 g/mol. The Labute approximate surface area is 106 Å². The molecular formula is C13H18N4O. The standard InChI is InChI=1S/C13H18N4O/c1-9-4-10(2)17(14-9)13-7-16(8-13)6-12-5-11(3)18-15-12/h4-5,13H,6-8H2,1-3H3. The van der Waals surface area contributed by atoms with Crippen molar-refractivity contribution in [3.05, 3.63) is 35.0 Å². The summed E-state index contributed by atoms with van der Waals surface area (Å²) in [6.07, 6.45) is 0. The predicted octanol–water partition coefficient (Wildman–Crippen LogP) is 1.85. The Bertz CT molecular complexity index is 551. The Morgan fingerprint density at radius 1 is 1.28 bits per heavy atom. The fourth-order valence-corrected chi connectivity index (χ4v) is 2.56. The van der Waals surface area contributed by atoms with Crippen LogP contribution in [-0.4, -0.2) is 32.9 Å². The van der Waals surface area contributed by atoms with Gasteiger partial charge in [-0.15, -0.1) is 0 Å². The molecule has 0 saturated carbocycles. The van der Waals surface area contributed by atoms with Crippen molar-refractivity contribution in [2.45, 2.75) is 33.4 Å². The maximum Gasteiger partial charge on any atom is 0.133 e. The van der Waals surface area contributed by atoms with E-state index in [1.165, 1.54) is 5.69 Å². The quantitative estimate of drug-likeness (QED) is 0.829. The van der Waals surface area contributed by atoms with Crippen molar-refractivity contribution >= 4 is 0 Å². The molecule has 0 N–H and O–H groups in total. The molecule has 0 radical (unpaired) electrons. The molecule has 0 bridgehead atoms. The average molecular weight is 246 g/mol. The van der Waals surface area contributed by atoms with Crippen molar-refractivity contribution < 1.29 is 4.52 Å². The van der Waals surface area contributed by atoms with Crippen LogP contribution in [0.25, 0.3) is 0 Å². The van der Waals surface area contributed by atoms with Crippen LogP contribution >= 0.6 is 0 Å². The van der Waals surface area contributed by atoms with E-state index >= 15 is 0 Å². The third kappa shape index (κ3) is 2.06. The molecule has 96 valence electrons. The minimum atomic E-state index is 0.506. The van der Waals surface area contributed by atoms with Gasteiger partial charge in [0.2, 0.25) is 0 Å². The molecule has 2 aromatic heterocycles. The SMILES string of the molecule is Cc1cc(C)n(C2CN(Cc3cc(C)on3)C2)n1. The Balaban J connectivity index is 1.59. The zero-order valence-corrected chi connectivity index (χ0v) is 11.1. The monoisotopic (exact) mass is 246 g/mol. The van der Waals surface area contributed by atoms with Crippen LogP contribution in [0.3, 0.4) is 0 Å². The number of aryl methyl sites for hydroxylation is 3. The molecule has 0 spiro atoms. The summed E-state index contributed by atoms with van der Waals surface area (Å²) in [6.45, 7) is 9.02. The van der Waals surface area contributed by atoms with E-state index < -0.39 is 0 Å². The Kier molecular flexibility index (Phi) is 2.70. The third-order valence-electron chi connectivity index (χ3n) is 3.39. The lowest BCUT2D eigenvalue weighted by atomic mass is 10.1. The molecule has 3 rings (SSSR count). The topological polar surface area (TPSA) is 47.1 Å². The summed E-state index contributed by atoms with van der Waals surface area (Å²) in [7, 11) is 0. The minimum Gasteiger partial charge on any atom is -0.361 e. The molecule has 1 fully saturated rings. The first-order valence-corrected chi connectivity index (χ1v) is 6.29. The molecule has 1 saturated heterocycles. The fraction of sp³-hybridized carbons (Fsp3) is 0.538. The van der Waals surface area contributed by atoms with Crippen LogP contribution < -0.4 is 0 Å². The van der Waals surface area contributed by atoms with Crippen molar-refractivity contribution in [2.75, 3.05) is 13.1 Å². The van der Waals surface area contributed by atoms with Crippen LogP contribution in [0.15, 0.2) is 16.7 Å². The molecule has 0 atom stereocenters. The van der Waals surface area contributed by atoms with E-state index in [-0.39, 0.29) is 0 Å². The first-order valence-electron chi connectivity index (χ1n) is 6.29. The van der Waals surface area contributed by atoms with Crippen LogP contribution in [0, 0.1) is 20.8 Å². The third-order valence-corrected chi connectivity index (χ3v) is 3.39. The van der Waals surface area contributed by atoms with Crippen LogP contribution in [0.4, 0.5) is 0 Å². The van der Waals surface area contributed by atoms with Gasteiger partial charge in [-0.1, -0.05) is 5.16 Å². The van der Waals surface area contributed by atoms with E-state index in [2.05, 4.69) is 32.8 Å². The van der Waals surface area contributed by atoms with Gasteiger partial charge in [0.25, 0.3) is 0 Å². The molecule has 1 aliphatic heterocycles. The maximum atomic E-state index is 5.07. The Morgan fingerprint density at radius 2 is 2.06 bits per heavy atom. The summed E-state index contributed by atoms with van der Waals surface area (Å²) in [4.78, 5) is 2.36. The number of aromatic nitrogens is 3. The van der Waals surface area contributed by atoms with Crippen LogP contribution in [-0.2, 0) is 6.54 Å². The highest BCUT2D eigenvalue weighted by Gasteiger charge is 2.30. The molecule has 18 heavy (non-hydrogen) atoms. The Hall–Kier alpha value is -1.62. The molecule has 0 unspecified atom stereocenters. The van der Waals surface area contributed by atoms with E-state index in [9.17, 15) is 0 Å². The molecule has 5 nitrogen and oxygen atoms in total. The summed E-state index contributed by atoms with van der Waals surface area (Å²) >= 11 is 0. The fourth-order valence-electron chi connectivity index (χ4n) is 2.56. The minimum absolute atomic E-state index is 0.506. The molecule has 2 aromatic rings. The molecule has 1 aliphatic rings. The number of hydrogen-bond donors (Lipinski definition) is 0. The first-order chi connectivity index (χ1) is 8.61. The summed E-state index contributed by atoms with van der Waals surface area (Å²) in [5, 5.41) is 8.55. The van der Waals surface area contributed by atoms with Gasteiger partial charge in [0.1, 0.15) is 5.76 Å². The lowest BCUT2D eigenvalue weighted by Gasteiger charge is -2.39. The molecule has 5 heteroatoms. The van der Waals surface area contributed by atoms with Crippen LogP contribution in [0.2, 0.25) is 0 Å². The second-order valence-corrected chi connectivity index (χ2v) is 5.15. The number of hydrogen-bond acceptors (Lipinski definition) is 4. The van der Waals surface area contributed by atoms with Gasteiger partial charge >= 0.3 is 0 Å². The van der Waals surface area contributed by atoms with E-state index in [4.69, 9.17) is 4.52 Å². The number of rotatable bonds is 3. The van der Waals surface area contributed by atoms with Gasteiger partial charge in [0.15, 0.2) is 0 Å². The number of likely N-dealkylation sites (tertiary alicyclic amines) is 1. The first kappa shape index (κ1) is 11.5. The Morgan fingerprint density at radius 3 is 2.61 bits per heavy atom. The zero-order chi connectivity index (χ0) is 12.7. The van der Waals surface area contributed by atoms with Crippen molar-refractivity contribution in [1.82, 2.24) is 19.8 Å². The van der Waals surface area contributed by atoms with Crippen molar-refractivity contribution in [1.29, 1.82) is 0 Å². The lowest BCUT2D eigenvalue weighted by Crippen LogP contribution is -2.47. The normalized spacial score (nSPS) is 17.1. The second-order valence-electron chi connectivity index (χ2n) is 5.15. The lowest BCUT2D eigenvalue weighted by molar-refractivity contribution is 0.0868. The summed E-state index contributed by atoms with van der Waals surface area (Å²) in [5.41, 5.74) is 3.35. The average Bonchev–Trinajstić information content (AvgIpc) is 2.78. The van der Waals surface area contributed by atoms with Gasteiger partial charge in [-0.3, -0.25) is 9.58 Å². The second kappa shape index (κ2) is 4.24. The van der Waals surface area contributed by atoms with Crippen molar-refractivity contribution in [2.24, 2.45) is 0 Å². The van der Waals surface area contributed by atoms with Crippen molar-refractivity contribution in [3.63, 3.8) is 0 Å². The highest BCUT2D eigenvalue weighted by Crippen LogP contribution is 2.24. The highest BCUT2D eigenvalue weighted by molar-refractivity contribution is 5.10. The molecule has 0 amide bonds. The van der Waals surface area contributed by atoms with Crippen molar-refractivity contribution in [3.8, 4) is 0 Å². The smallest absolute Gasteiger partial charge is 0.133 e. The van der Waals surface area contributed by atoms with E-state index in [0.29, 0.717) is 6.04 Å². The summed E-state index contributed by atoms with van der Waals surface area (Å²) < 4.78 is 7.21. The molecule has 0 aromatic carbocycles. The van der Waals surface area contributed by atoms with E-state index in [0.717, 1.165) is 36.8 Å². The van der Waals surface area contributed by atoms with Gasteiger partial charge in [-0.2, -0.15) is 5.10 Å². The number of nitrogens with zero attached hydrogens (tertiary/aromatic N) is 4. The van der Waals surface area contributed by atoms with Gasteiger partial charge in [-0.25, -0.2) is 0 Å². The molecule has 3 heterocycles. The maximum absolute atomic E-state index is 5.07. The van der Waals surface area contributed by atoms with E-state index in [1.54, 1.807) is 0 Å². The molecule has 0 aliphatic carbocycles. The van der Waals surface area contributed by atoms with Gasteiger partial charge in [-0.05, 0) is 26.8 Å². The van der Waals surface area contributed by atoms with Gasteiger partial charge in [0, 0.05) is 31.4 Å². The zero-order valence-electron chi connectivity index (χ0n) is 11.1. The van der Waals surface area contributed by atoms with Gasteiger partial charge < -0.3 is 4.52 Å².